The molecule has 1 fully saturated rings. The molecule has 0 saturated heterocycles. The van der Waals surface area contributed by atoms with Crippen LogP contribution < -0.4 is 5.73 Å². The van der Waals surface area contributed by atoms with E-state index >= 15 is 0 Å². The maximum atomic E-state index is 11.9. The molecule has 0 aromatic heterocycles. The van der Waals surface area contributed by atoms with Crippen molar-refractivity contribution in [1.29, 1.82) is 0 Å². The Morgan fingerprint density at radius 3 is 2.38 bits per heavy atom. The maximum Gasteiger partial charge on any atom is 0.338 e. The molecule has 5 heteroatoms. The lowest BCUT2D eigenvalue weighted by atomic mass is 9.87. The number of hydrogen-bond donors (Lipinski definition) is 2. The number of ketones is 1. The van der Waals surface area contributed by atoms with Gasteiger partial charge in [-0.15, -0.1) is 0 Å². The third kappa shape index (κ3) is 2.78. The van der Waals surface area contributed by atoms with Crippen LogP contribution in [0.1, 0.15) is 40.5 Å². The summed E-state index contributed by atoms with van der Waals surface area (Å²) in [6, 6.07) is -0.902. The molecule has 0 spiro atoms. The van der Waals surface area contributed by atoms with Crippen LogP contribution >= 0.6 is 0 Å². The standard InChI is InChI=1S/C16H22N2O3/c1-9-7-12(11(3)19)14(10(2)16(4)5-6-16)13(9)8-18(21)15(17)20/h7,21H,5-6,8H2,1-4H3,(H2,17,20)/b14-10+. The molecule has 0 aromatic carbocycles. The molecule has 2 aliphatic rings. The number of primary amides is 1. The summed E-state index contributed by atoms with van der Waals surface area (Å²) in [5.74, 6) is -0.00786. The number of urea groups is 1. The van der Waals surface area contributed by atoms with Crippen LogP contribution in [0.5, 0.6) is 0 Å². The quantitative estimate of drug-likeness (QED) is 0.616. The SMILES string of the molecule is CC(=O)C1=CC(C)=C(CN(O)C(N)=O)/C1=C(\C)C1(C)CC1. The van der Waals surface area contributed by atoms with Crippen molar-refractivity contribution < 1.29 is 14.8 Å². The first-order chi connectivity index (χ1) is 9.67. The van der Waals surface area contributed by atoms with Crippen molar-refractivity contribution in [1.82, 2.24) is 5.06 Å². The number of hydroxylamine groups is 2. The number of carbonyl (C=O) groups excluding carboxylic acids is 2. The lowest BCUT2D eigenvalue weighted by Crippen LogP contribution is -2.34. The lowest BCUT2D eigenvalue weighted by Gasteiger charge is -2.21. The van der Waals surface area contributed by atoms with Gasteiger partial charge in [-0.25, -0.2) is 9.86 Å². The van der Waals surface area contributed by atoms with Gasteiger partial charge < -0.3 is 5.73 Å². The van der Waals surface area contributed by atoms with E-state index in [-0.39, 0.29) is 17.7 Å². The number of nitrogens with zero attached hydrogens (tertiary/aromatic N) is 1. The average Bonchev–Trinajstić information content (AvgIpc) is 3.06. The van der Waals surface area contributed by atoms with Crippen LogP contribution in [-0.4, -0.2) is 28.6 Å². The van der Waals surface area contributed by atoms with E-state index in [9.17, 15) is 14.8 Å². The zero-order valence-electron chi connectivity index (χ0n) is 13.0. The Morgan fingerprint density at radius 1 is 1.38 bits per heavy atom. The van der Waals surface area contributed by atoms with Gasteiger partial charge in [0.25, 0.3) is 0 Å². The van der Waals surface area contributed by atoms with Crippen molar-refractivity contribution in [3.05, 3.63) is 33.9 Å². The minimum atomic E-state index is -0.902. The monoisotopic (exact) mass is 290 g/mol. The van der Waals surface area contributed by atoms with Crippen molar-refractivity contribution in [2.45, 2.75) is 40.5 Å². The molecule has 0 bridgehead atoms. The van der Waals surface area contributed by atoms with Crippen LogP contribution in [0.4, 0.5) is 4.79 Å². The fourth-order valence-electron chi connectivity index (χ4n) is 2.74. The third-order valence-corrected chi connectivity index (χ3v) is 4.63. The summed E-state index contributed by atoms with van der Waals surface area (Å²) in [6.07, 6.45) is 4.02. The zero-order valence-corrected chi connectivity index (χ0v) is 13.0. The molecule has 2 rings (SSSR count). The van der Waals surface area contributed by atoms with Crippen molar-refractivity contribution >= 4 is 11.8 Å². The summed E-state index contributed by atoms with van der Waals surface area (Å²) in [7, 11) is 0. The minimum absolute atomic E-state index is 0.00278. The van der Waals surface area contributed by atoms with Crippen LogP contribution in [0, 0.1) is 5.41 Å². The van der Waals surface area contributed by atoms with Crippen LogP contribution in [0.25, 0.3) is 0 Å². The fraction of sp³-hybridized carbons (Fsp3) is 0.500. The Hall–Kier alpha value is -1.88. The van der Waals surface area contributed by atoms with Gasteiger partial charge in [0.15, 0.2) is 5.78 Å². The molecule has 2 aliphatic carbocycles. The Labute approximate surface area is 124 Å². The van der Waals surface area contributed by atoms with E-state index in [0.29, 0.717) is 10.6 Å². The molecule has 0 atom stereocenters. The molecule has 0 radical (unpaired) electrons. The Kier molecular flexibility index (Phi) is 3.80. The Balaban J connectivity index is 2.46. The Bertz CT molecular complexity index is 607. The molecule has 0 unspecified atom stereocenters. The van der Waals surface area contributed by atoms with E-state index in [1.54, 1.807) is 0 Å². The van der Waals surface area contributed by atoms with E-state index in [2.05, 4.69) is 6.92 Å². The van der Waals surface area contributed by atoms with Gasteiger partial charge >= 0.3 is 6.03 Å². The third-order valence-electron chi connectivity index (χ3n) is 4.63. The molecule has 0 aliphatic heterocycles. The Morgan fingerprint density at radius 2 is 1.95 bits per heavy atom. The first-order valence-electron chi connectivity index (χ1n) is 7.07. The largest absolute Gasteiger partial charge is 0.350 e. The van der Waals surface area contributed by atoms with Crippen LogP contribution in [0.2, 0.25) is 0 Å². The summed E-state index contributed by atoms with van der Waals surface area (Å²) in [6.45, 7) is 7.61. The number of carbonyl (C=O) groups is 2. The van der Waals surface area contributed by atoms with Crippen molar-refractivity contribution in [2.24, 2.45) is 11.1 Å². The predicted octanol–water partition coefficient (Wildman–Crippen LogP) is 2.72. The van der Waals surface area contributed by atoms with E-state index in [1.807, 2.05) is 19.9 Å². The second-order valence-corrected chi connectivity index (χ2v) is 6.23. The van der Waals surface area contributed by atoms with E-state index in [4.69, 9.17) is 5.73 Å². The molecular formula is C16H22N2O3. The summed E-state index contributed by atoms with van der Waals surface area (Å²) in [4.78, 5) is 23.0. The molecule has 0 heterocycles. The smallest absolute Gasteiger partial charge is 0.338 e. The highest BCUT2D eigenvalue weighted by Crippen LogP contribution is 2.54. The number of Topliss-reactive ketones (excluding diaryl/α,β-unsaturated/α-hetero) is 1. The second-order valence-electron chi connectivity index (χ2n) is 6.23. The molecule has 21 heavy (non-hydrogen) atoms. The molecule has 5 nitrogen and oxygen atoms in total. The number of hydrogen-bond acceptors (Lipinski definition) is 3. The van der Waals surface area contributed by atoms with Gasteiger partial charge in [-0.2, -0.15) is 0 Å². The van der Waals surface area contributed by atoms with E-state index in [0.717, 1.165) is 35.1 Å². The fourth-order valence-corrected chi connectivity index (χ4v) is 2.74. The topological polar surface area (TPSA) is 83.6 Å². The minimum Gasteiger partial charge on any atom is -0.350 e. The first kappa shape index (κ1) is 15.5. The highest BCUT2D eigenvalue weighted by Gasteiger charge is 2.42. The first-order valence-corrected chi connectivity index (χ1v) is 7.07. The predicted molar refractivity (Wildman–Crippen MR) is 79.6 cm³/mol. The van der Waals surface area contributed by atoms with Gasteiger partial charge in [-0.05, 0) is 61.8 Å². The highest BCUT2D eigenvalue weighted by molar-refractivity contribution is 6.01. The van der Waals surface area contributed by atoms with Crippen LogP contribution in [0.15, 0.2) is 33.9 Å². The van der Waals surface area contributed by atoms with Crippen molar-refractivity contribution in [3.63, 3.8) is 0 Å². The molecule has 3 N–H and O–H groups in total. The van der Waals surface area contributed by atoms with Crippen molar-refractivity contribution in [2.75, 3.05) is 6.54 Å². The molecule has 0 aromatic rings. The molecule has 2 amide bonds. The van der Waals surface area contributed by atoms with Gasteiger partial charge in [0, 0.05) is 5.57 Å². The zero-order chi connectivity index (χ0) is 15.9. The number of allylic oxidation sites excluding steroid dienone is 4. The number of amides is 2. The molecule has 114 valence electrons. The summed E-state index contributed by atoms with van der Waals surface area (Å²) < 4.78 is 0. The number of nitrogens with two attached hydrogens (primary N) is 1. The summed E-state index contributed by atoms with van der Waals surface area (Å²) in [5, 5.41) is 10.1. The highest BCUT2D eigenvalue weighted by atomic mass is 16.5. The summed E-state index contributed by atoms with van der Waals surface area (Å²) in [5.41, 5.74) is 9.57. The lowest BCUT2D eigenvalue weighted by molar-refractivity contribution is -0.113. The van der Waals surface area contributed by atoms with E-state index in [1.165, 1.54) is 6.92 Å². The van der Waals surface area contributed by atoms with Crippen LogP contribution in [0.3, 0.4) is 0 Å². The molecule has 1 saturated carbocycles. The van der Waals surface area contributed by atoms with Gasteiger partial charge in [-0.1, -0.05) is 12.5 Å². The average molecular weight is 290 g/mol. The maximum absolute atomic E-state index is 11.9. The van der Waals surface area contributed by atoms with Gasteiger partial charge in [-0.3, -0.25) is 10.0 Å². The number of rotatable bonds is 4. The van der Waals surface area contributed by atoms with Gasteiger partial charge in [0.05, 0.1) is 6.54 Å². The van der Waals surface area contributed by atoms with Gasteiger partial charge in [0.1, 0.15) is 0 Å². The van der Waals surface area contributed by atoms with E-state index < -0.39 is 6.03 Å². The molecular weight excluding hydrogens is 268 g/mol. The summed E-state index contributed by atoms with van der Waals surface area (Å²) >= 11 is 0. The van der Waals surface area contributed by atoms with Crippen molar-refractivity contribution in [3.8, 4) is 0 Å². The van der Waals surface area contributed by atoms with Crippen LogP contribution in [-0.2, 0) is 4.79 Å². The normalized spacial score (nSPS) is 22.0. The second kappa shape index (κ2) is 5.15. The van der Waals surface area contributed by atoms with Gasteiger partial charge in [0.2, 0.25) is 0 Å².